The molecule has 86 valence electrons. The lowest BCUT2D eigenvalue weighted by Gasteiger charge is -2.01. The summed E-state index contributed by atoms with van der Waals surface area (Å²) in [7, 11) is 0. The lowest BCUT2D eigenvalue weighted by molar-refractivity contribution is 0.102. The van der Waals surface area contributed by atoms with E-state index in [4.69, 9.17) is 0 Å². The molecule has 0 saturated heterocycles. The quantitative estimate of drug-likeness (QED) is 0.749. The van der Waals surface area contributed by atoms with E-state index in [1.807, 2.05) is 0 Å². The molecule has 0 saturated carbocycles. The van der Waals surface area contributed by atoms with Gasteiger partial charge >= 0.3 is 0 Å². The smallest absolute Gasteiger partial charge is 0.233 e. The van der Waals surface area contributed by atoms with Crippen LogP contribution in [0, 0.1) is 18.6 Å². The highest BCUT2D eigenvalue weighted by Crippen LogP contribution is 2.12. The Labute approximate surface area is 96.2 Å². The van der Waals surface area contributed by atoms with E-state index in [-0.39, 0.29) is 11.4 Å². The first-order chi connectivity index (χ1) is 8.08. The average molecular weight is 234 g/mol. The molecule has 1 aromatic heterocycles. The van der Waals surface area contributed by atoms with Crippen LogP contribution in [0.15, 0.2) is 30.6 Å². The van der Waals surface area contributed by atoms with Crippen LogP contribution < -0.4 is 0 Å². The molecule has 1 aromatic carbocycles. The van der Waals surface area contributed by atoms with E-state index in [1.165, 1.54) is 12.4 Å². The summed E-state index contributed by atoms with van der Waals surface area (Å²) in [4.78, 5) is 19.4. The number of carbonyl (C=O) groups excluding carboxylic acids is 1. The van der Waals surface area contributed by atoms with Gasteiger partial charge in [-0.3, -0.25) is 4.79 Å². The fraction of sp³-hybridized carbons (Fsp3) is 0.0833. The van der Waals surface area contributed by atoms with E-state index in [9.17, 15) is 13.6 Å². The van der Waals surface area contributed by atoms with Gasteiger partial charge < -0.3 is 0 Å². The van der Waals surface area contributed by atoms with Crippen LogP contribution in [-0.2, 0) is 0 Å². The first-order valence-electron chi connectivity index (χ1n) is 4.86. The van der Waals surface area contributed by atoms with Crippen LogP contribution in [0.1, 0.15) is 21.7 Å². The molecule has 0 aliphatic carbocycles. The monoisotopic (exact) mass is 234 g/mol. The van der Waals surface area contributed by atoms with Crippen LogP contribution in [0.25, 0.3) is 0 Å². The third kappa shape index (κ3) is 2.33. The molecule has 0 unspecified atom stereocenters. The van der Waals surface area contributed by atoms with Crippen LogP contribution >= 0.6 is 0 Å². The fourth-order valence-electron chi connectivity index (χ4n) is 1.30. The van der Waals surface area contributed by atoms with Gasteiger partial charge in [-0.2, -0.15) is 0 Å². The summed E-state index contributed by atoms with van der Waals surface area (Å²) in [5, 5.41) is 0. The Hall–Kier alpha value is -2.17. The molecule has 2 rings (SSSR count). The maximum Gasteiger partial charge on any atom is 0.233 e. The van der Waals surface area contributed by atoms with Gasteiger partial charge in [0.25, 0.3) is 0 Å². The average Bonchev–Trinajstić information content (AvgIpc) is 2.29. The molecular weight excluding hydrogens is 226 g/mol. The van der Waals surface area contributed by atoms with Gasteiger partial charge in [-0.1, -0.05) is 0 Å². The normalized spacial score (nSPS) is 10.3. The van der Waals surface area contributed by atoms with E-state index < -0.39 is 17.4 Å². The highest BCUT2D eigenvalue weighted by atomic mass is 19.1. The molecule has 0 bridgehead atoms. The van der Waals surface area contributed by atoms with Crippen LogP contribution in [0.4, 0.5) is 8.78 Å². The number of benzene rings is 1. The highest BCUT2D eigenvalue weighted by Gasteiger charge is 2.16. The first-order valence-corrected chi connectivity index (χ1v) is 4.86. The molecule has 0 aliphatic heterocycles. The maximum atomic E-state index is 13.3. The van der Waals surface area contributed by atoms with E-state index >= 15 is 0 Å². The van der Waals surface area contributed by atoms with Crippen molar-refractivity contribution < 1.29 is 13.6 Å². The molecule has 17 heavy (non-hydrogen) atoms. The number of aryl methyl sites for hydroxylation is 1. The Morgan fingerprint density at radius 2 is 1.82 bits per heavy atom. The Balaban J connectivity index is 2.40. The molecule has 5 heteroatoms. The second-order valence-corrected chi connectivity index (χ2v) is 3.54. The number of nitrogens with zero attached hydrogens (tertiary/aromatic N) is 2. The van der Waals surface area contributed by atoms with Gasteiger partial charge in [-0.05, 0) is 24.6 Å². The van der Waals surface area contributed by atoms with Crippen molar-refractivity contribution in [3.63, 3.8) is 0 Å². The Kier molecular flexibility index (Phi) is 2.91. The van der Waals surface area contributed by atoms with Crippen molar-refractivity contribution in [2.75, 3.05) is 0 Å². The van der Waals surface area contributed by atoms with Crippen molar-refractivity contribution in [3.05, 3.63) is 59.2 Å². The second kappa shape index (κ2) is 4.37. The number of ketones is 1. The molecule has 1 heterocycles. The third-order valence-corrected chi connectivity index (χ3v) is 2.16. The largest absolute Gasteiger partial charge is 0.285 e. The molecule has 0 aliphatic rings. The number of carbonyl (C=O) groups is 1. The van der Waals surface area contributed by atoms with Crippen LogP contribution in [0.3, 0.4) is 0 Å². The minimum absolute atomic E-state index is 0.110. The molecular formula is C12H8F2N2O. The summed E-state index contributed by atoms with van der Waals surface area (Å²) in [6, 6.07) is 2.75. The van der Waals surface area contributed by atoms with Crippen LogP contribution in [-0.4, -0.2) is 15.8 Å². The molecule has 0 N–H and O–H groups in total. The number of hydrogen-bond donors (Lipinski definition) is 0. The van der Waals surface area contributed by atoms with Crippen molar-refractivity contribution in [2.24, 2.45) is 0 Å². The van der Waals surface area contributed by atoms with E-state index in [1.54, 1.807) is 6.92 Å². The lowest BCUT2D eigenvalue weighted by atomic mass is 10.1. The van der Waals surface area contributed by atoms with Crippen molar-refractivity contribution in [2.45, 2.75) is 6.92 Å². The first kappa shape index (κ1) is 11.3. The van der Waals surface area contributed by atoms with Gasteiger partial charge in [0.1, 0.15) is 11.6 Å². The summed E-state index contributed by atoms with van der Waals surface area (Å²) in [5.74, 6) is -2.42. The van der Waals surface area contributed by atoms with Gasteiger partial charge in [-0.25, -0.2) is 18.7 Å². The Morgan fingerprint density at radius 3 is 2.41 bits per heavy atom. The van der Waals surface area contributed by atoms with Gasteiger partial charge in [0.2, 0.25) is 11.6 Å². The fourth-order valence-corrected chi connectivity index (χ4v) is 1.30. The van der Waals surface area contributed by atoms with Gasteiger partial charge in [0.15, 0.2) is 0 Å². The molecule has 3 nitrogen and oxygen atoms in total. The molecule has 0 radical (unpaired) electrons. The summed E-state index contributed by atoms with van der Waals surface area (Å²) < 4.78 is 26.0. The summed E-state index contributed by atoms with van der Waals surface area (Å²) in [6.45, 7) is 1.77. The highest BCUT2D eigenvalue weighted by molar-refractivity contribution is 6.06. The number of hydrogen-bond acceptors (Lipinski definition) is 3. The SMILES string of the molecule is Cc1cnc(C(=O)c2ccc(F)cc2F)nc1. The van der Waals surface area contributed by atoms with Gasteiger partial charge in [0, 0.05) is 18.5 Å². The zero-order chi connectivity index (χ0) is 12.4. The zero-order valence-corrected chi connectivity index (χ0v) is 8.95. The van der Waals surface area contributed by atoms with E-state index in [2.05, 4.69) is 9.97 Å². The Morgan fingerprint density at radius 1 is 1.18 bits per heavy atom. The topological polar surface area (TPSA) is 42.9 Å². The minimum Gasteiger partial charge on any atom is -0.285 e. The number of aromatic nitrogens is 2. The molecule has 2 aromatic rings. The molecule has 0 amide bonds. The van der Waals surface area contributed by atoms with Crippen molar-refractivity contribution in [1.29, 1.82) is 0 Å². The van der Waals surface area contributed by atoms with E-state index in [0.717, 1.165) is 17.7 Å². The Bertz CT molecular complexity index is 567. The minimum atomic E-state index is -0.917. The molecule has 0 fully saturated rings. The van der Waals surface area contributed by atoms with Crippen molar-refractivity contribution in [1.82, 2.24) is 9.97 Å². The van der Waals surface area contributed by atoms with Crippen molar-refractivity contribution in [3.8, 4) is 0 Å². The molecule has 0 spiro atoms. The van der Waals surface area contributed by atoms with Gasteiger partial charge in [-0.15, -0.1) is 0 Å². The second-order valence-electron chi connectivity index (χ2n) is 3.54. The maximum absolute atomic E-state index is 13.3. The van der Waals surface area contributed by atoms with E-state index in [0.29, 0.717) is 6.07 Å². The number of halogens is 2. The predicted molar refractivity (Wildman–Crippen MR) is 56.6 cm³/mol. The molecule has 0 atom stereocenters. The van der Waals surface area contributed by atoms with Crippen LogP contribution in [0.5, 0.6) is 0 Å². The summed E-state index contributed by atoms with van der Waals surface area (Å²) >= 11 is 0. The summed E-state index contributed by atoms with van der Waals surface area (Å²) in [6.07, 6.45) is 2.92. The van der Waals surface area contributed by atoms with Gasteiger partial charge in [0.05, 0.1) is 5.56 Å². The zero-order valence-electron chi connectivity index (χ0n) is 8.95. The lowest BCUT2D eigenvalue weighted by Crippen LogP contribution is -2.09. The summed E-state index contributed by atoms with van der Waals surface area (Å²) in [5.41, 5.74) is 0.552. The van der Waals surface area contributed by atoms with Crippen LogP contribution in [0.2, 0.25) is 0 Å². The van der Waals surface area contributed by atoms with Crippen molar-refractivity contribution >= 4 is 5.78 Å². The predicted octanol–water partition coefficient (Wildman–Crippen LogP) is 2.29. The number of rotatable bonds is 2. The standard InChI is InChI=1S/C12H8F2N2O/c1-7-5-15-12(16-6-7)11(17)9-3-2-8(13)4-10(9)14/h2-6H,1H3. The third-order valence-electron chi connectivity index (χ3n) is 2.16.